The van der Waals surface area contributed by atoms with Crippen LogP contribution in [0.5, 0.6) is 0 Å². The fourth-order valence-corrected chi connectivity index (χ4v) is 6.05. The Balaban J connectivity index is 1.99. The highest BCUT2D eigenvalue weighted by Gasteiger charge is 2.34. The zero-order valence-electron chi connectivity index (χ0n) is 24.4. The van der Waals surface area contributed by atoms with Crippen LogP contribution in [0.3, 0.4) is 0 Å². The van der Waals surface area contributed by atoms with Crippen LogP contribution in [0.4, 0.5) is 13.2 Å². The summed E-state index contributed by atoms with van der Waals surface area (Å²) >= 11 is 1.27. The summed E-state index contributed by atoms with van der Waals surface area (Å²) in [5, 5.41) is 21.4. The van der Waals surface area contributed by atoms with Gasteiger partial charge in [-0.2, -0.15) is 23.7 Å². The van der Waals surface area contributed by atoms with Crippen LogP contribution < -0.4 is 0 Å². The van der Waals surface area contributed by atoms with E-state index < -0.39 is 17.7 Å². The van der Waals surface area contributed by atoms with Gasteiger partial charge in [0.25, 0.3) is 0 Å². The van der Waals surface area contributed by atoms with Crippen molar-refractivity contribution < 1.29 is 27.4 Å². The van der Waals surface area contributed by atoms with E-state index in [9.17, 15) is 28.5 Å². The fourth-order valence-electron chi connectivity index (χ4n) is 4.90. The molecule has 43 heavy (non-hydrogen) atoms. The molecule has 0 saturated heterocycles. The summed E-state index contributed by atoms with van der Waals surface area (Å²) in [5.41, 5.74) is 0.911. The molecule has 0 N–H and O–H groups in total. The summed E-state index contributed by atoms with van der Waals surface area (Å²) in [6.45, 7) is 8.80. The van der Waals surface area contributed by atoms with Gasteiger partial charge < -0.3 is 9.47 Å². The van der Waals surface area contributed by atoms with Crippen molar-refractivity contribution in [2.75, 3.05) is 19.8 Å². The first-order valence-electron chi connectivity index (χ1n) is 13.8. The van der Waals surface area contributed by atoms with E-state index in [-0.39, 0.29) is 42.6 Å². The second-order valence-electron chi connectivity index (χ2n) is 11.0. The quantitative estimate of drug-likeness (QED) is 0.189. The molecule has 0 spiro atoms. The number of fused-ring (bicyclic) bond motifs is 1. The number of hydrogen-bond donors (Lipinski definition) is 0. The van der Waals surface area contributed by atoms with Crippen LogP contribution in [-0.4, -0.2) is 32.0 Å². The van der Waals surface area contributed by atoms with Gasteiger partial charge in [0, 0.05) is 27.3 Å². The van der Waals surface area contributed by atoms with Crippen molar-refractivity contribution in [3.05, 3.63) is 88.0 Å². The molecule has 0 atom stereocenters. The minimum Gasteiger partial charge on any atom is -0.460 e. The number of esters is 1. The lowest BCUT2D eigenvalue weighted by Crippen LogP contribution is -2.13. The van der Waals surface area contributed by atoms with E-state index >= 15 is 0 Å². The van der Waals surface area contributed by atoms with E-state index in [2.05, 4.69) is 12.1 Å². The molecule has 3 aromatic carbocycles. The van der Waals surface area contributed by atoms with Gasteiger partial charge in [0.2, 0.25) is 0 Å². The Kier molecular flexibility index (Phi) is 9.69. The molecule has 0 radical (unpaired) electrons. The summed E-state index contributed by atoms with van der Waals surface area (Å²) in [7, 11) is 0. The lowest BCUT2D eigenvalue weighted by atomic mass is 9.82. The Morgan fingerprint density at radius 1 is 1.02 bits per heavy atom. The molecule has 5 nitrogen and oxygen atoms in total. The number of rotatable bonds is 8. The zero-order valence-corrected chi connectivity index (χ0v) is 25.2. The maximum absolute atomic E-state index is 13.8. The number of allylic oxidation sites excluding steroid dienone is 4. The second-order valence-corrected chi connectivity index (χ2v) is 12.1. The number of ether oxygens (including phenoxy) is 2. The van der Waals surface area contributed by atoms with E-state index in [4.69, 9.17) is 9.47 Å². The van der Waals surface area contributed by atoms with E-state index in [1.807, 2.05) is 39.8 Å². The number of nitriles is 2. The summed E-state index contributed by atoms with van der Waals surface area (Å²) in [6, 6.07) is 16.6. The Labute approximate surface area is 253 Å². The van der Waals surface area contributed by atoms with Crippen molar-refractivity contribution >= 4 is 34.1 Å². The highest BCUT2D eigenvalue weighted by Crippen LogP contribution is 2.45. The molecule has 1 aliphatic rings. The number of benzene rings is 3. The molecule has 0 fully saturated rings. The van der Waals surface area contributed by atoms with Crippen molar-refractivity contribution in [3.63, 3.8) is 0 Å². The van der Waals surface area contributed by atoms with Gasteiger partial charge in [-0.1, -0.05) is 56.8 Å². The highest BCUT2D eigenvalue weighted by atomic mass is 32.2. The maximum Gasteiger partial charge on any atom is 0.416 e. The molecule has 3 aromatic rings. The molecule has 1 aliphatic carbocycles. The zero-order chi connectivity index (χ0) is 31.4. The highest BCUT2D eigenvalue weighted by molar-refractivity contribution is 7.99. The summed E-state index contributed by atoms with van der Waals surface area (Å²) in [4.78, 5) is 14.3. The van der Waals surface area contributed by atoms with E-state index in [0.717, 1.165) is 17.7 Å². The van der Waals surface area contributed by atoms with Crippen molar-refractivity contribution in [2.24, 2.45) is 0 Å². The number of halogens is 3. The van der Waals surface area contributed by atoms with Crippen molar-refractivity contribution in [1.82, 2.24) is 0 Å². The molecule has 0 aromatic heterocycles. The molecule has 0 bridgehead atoms. The second kappa shape index (κ2) is 13.1. The number of carbonyl (C=O) groups excluding carboxylic acids is 1. The standard InChI is InChI=1S/C34H31F3N2O3S/c1-5-41-13-14-42-32(40)26-11-6-7-12-28(26)43-29-18-25(33(2,3)4)17-22-15-23(19-38)27(20-39)30(31(22)29)21-9-8-10-24(16-21)34(35,36)37/h6-7,10-12,15-18H,5,8-9,13-14H2,1-4H3. The molecule has 0 amide bonds. The summed E-state index contributed by atoms with van der Waals surface area (Å²) < 4.78 is 52.1. The minimum atomic E-state index is -4.56. The van der Waals surface area contributed by atoms with Crippen LogP contribution in [0.15, 0.2) is 70.0 Å². The van der Waals surface area contributed by atoms with E-state index in [1.54, 1.807) is 30.3 Å². The molecule has 4 rings (SSSR count). The third-order valence-electron chi connectivity index (χ3n) is 7.05. The SMILES string of the molecule is CCOCCOC(=O)c1ccccc1Sc1cc(C(C)(C)C)cc2cc(C#N)c(C#N)c(C3=CC(C(F)(F)F)=CCC3)c12. The first-order chi connectivity index (χ1) is 20.4. The third-order valence-corrected chi connectivity index (χ3v) is 8.17. The first-order valence-corrected chi connectivity index (χ1v) is 14.7. The summed E-state index contributed by atoms with van der Waals surface area (Å²) in [6.07, 6.45) is -1.92. The van der Waals surface area contributed by atoms with Crippen LogP contribution in [0.1, 0.15) is 73.1 Å². The molecule has 0 heterocycles. The Morgan fingerprint density at radius 3 is 2.42 bits per heavy atom. The Morgan fingerprint density at radius 2 is 1.77 bits per heavy atom. The fraction of sp³-hybridized carbons (Fsp3) is 0.324. The van der Waals surface area contributed by atoms with Gasteiger partial charge >= 0.3 is 12.1 Å². The van der Waals surface area contributed by atoms with E-state index in [0.29, 0.717) is 43.9 Å². The lowest BCUT2D eigenvalue weighted by Gasteiger charge is -2.24. The van der Waals surface area contributed by atoms with Gasteiger partial charge in [-0.25, -0.2) is 4.79 Å². The number of hydrogen-bond acceptors (Lipinski definition) is 6. The summed E-state index contributed by atoms with van der Waals surface area (Å²) in [5.74, 6) is -0.529. The van der Waals surface area contributed by atoms with Gasteiger partial charge in [-0.05, 0) is 72.0 Å². The topological polar surface area (TPSA) is 83.1 Å². The lowest BCUT2D eigenvalue weighted by molar-refractivity contribution is -0.0885. The first kappa shape index (κ1) is 31.9. The molecule has 9 heteroatoms. The van der Waals surface area contributed by atoms with Gasteiger partial charge in [0.05, 0.1) is 28.9 Å². The predicted octanol–water partition coefficient (Wildman–Crippen LogP) is 8.89. The van der Waals surface area contributed by atoms with E-state index in [1.165, 1.54) is 11.8 Å². The largest absolute Gasteiger partial charge is 0.460 e. The van der Waals surface area contributed by atoms with Gasteiger partial charge in [0.1, 0.15) is 18.7 Å². The van der Waals surface area contributed by atoms with Crippen LogP contribution in [-0.2, 0) is 14.9 Å². The minimum absolute atomic E-state index is 0.0265. The van der Waals surface area contributed by atoms with Crippen molar-refractivity contribution in [3.8, 4) is 12.1 Å². The smallest absolute Gasteiger partial charge is 0.416 e. The predicted molar refractivity (Wildman–Crippen MR) is 161 cm³/mol. The normalized spacial score (nSPS) is 13.6. The van der Waals surface area contributed by atoms with Gasteiger partial charge in [0.15, 0.2) is 0 Å². The molecular weight excluding hydrogens is 573 g/mol. The van der Waals surface area contributed by atoms with Crippen molar-refractivity contribution in [2.45, 2.75) is 61.9 Å². The molecular formula is C34H31F3N2O3S. The van der Waals surface area contributed by atoms with Crippen molar-refractivity contribution in [1.29, 1.82) is 10.5 Å². The number of nitrogens with zero attached hydrogens (tertiary/aromatic N) is 2. The molecule has 0 unspecified atom stereocenters. The van der Waals surface area contributed by atoms with Crippen LogP contribution in [0.25, 0.3) is 16.3 Å². The number of alkyl halides is 3. The van der Waals surface area contributed by atoms with Crippen LogP contribution >= 0.6 is 11.8 Å². The monoisotopic (exact) mass is 604 g/mol. The molecule has 0 saturated carbocycles. The van der Waals surface area contributed by atoms with Crippen LogP contribution in [0, 0.1) is 22.7 Å². The molecule has 222 valence electrons. The van der Waals surface area contributed by atoms with Gasteiger partial charge in [-0.15, -0.1) is 0 Å². The average Bonchev–Trinajstić information content (AvgIpc) is 2.97. The third kappa shape index (κ3) is 7.13. The maximum atomic E-state index is 13.8. The Hall–Kier alpha value is -4.05. The number of carbonyl (C=O) groups is 1. The van der Waals surface area contributed by atoms with Crippen LogP contribution in [0.2, 0.25) is 0 Å². The average molecular weight is 605 g/mol. The molecule has 0 aliphatic heterocycles. The van der Waals surface area contributed by atoms with Gasteiger partial charge in [-0.3, -0.25) is 0 Å². The Bertz CT molecular complexity index is 1700.